The molecular formula is C54H68N10O7. The van der Waals surface area contributed by atoms with E-state index in [1.165, 1.54) is 31.2 Å². The molecule has 1 aliphatic carbocycles. The number of hydrogen-bond acceptors (Lipinski definition) is 10. The summed E-state index contributed by atoms with van der Waals surface area (Å²) in [6.07, 6.45) is 10.8. The minimum Gasteiger partial charge on any atom is -0.453 e. The lowest BCUT2D eigenvalue weighted by Crippen LogP contribution is -2.51. The van der Waals surface area contributed by atoms with Crippen LogP contribution in [0.15, 0.2) is 79.1 Å². The van der Waals surface area contributed by atoms with Gasteiger partial charge in [0.1, 0.15) is 23.7 Å². The molecule has 3 saturated heterocycles. The SMILES string of the molecule is COC(=O)N[C@H](C(=O)N1CCC[C@H]1c1ncc(C2=CCC(c3ccc(-c4ccc(-c5cnc([C@@H]6CCCN6C(=O)[C@@H](NC(=O)OC)C(C)C)[nH]5)cc4)n3-c3ccc(N4CCOCC4)cc3)CC2)[nH]1)C(C)C. The fourth-order valence-corrected chi connectivity index (χ4v) is 10.8. The van der Waals surface area contributed by atoms with Gasteiger partial charge in [-0.05, 0) is 110 Å². The molecule has 17 heteroatoms. The molecule has 1 unspecified atom stereocenters. The van der Waals surface area contributed by atoms with E-state index in [1.807, 2.05) is 49.9 Å². The Labute approximate surface area is 415 Å². The number of nitrogens with zero attached hydrogens (tertiary/aromatic N) is 6. The fraction of sp³-hybridized carbons (Fsp3) is 0.481. The fourth-order valence-electron chi connectivity index (χ4n) is 10.8. The Hall–Kier alpha value is -6.88. The van der Waals surface area contributed by atoms with Crippen molar-refractivity contribution < 1.29 is 33.4 Å². The van der Waals surface area contributed by atoms with Crippen LogP contribution < -0.4 is 15.5 Å². The van der Waals surface area contributed by atoms with Crippen molar-refractivity contribution in [1.29, 1.82) is 0 Å². The second kappa shape index (κ2) is 21.6. The molecule has 0 bridgehead atoms. The minimum absolute atomic E-state index is 0.107. The first-order valence-corrected chi connectivity index (χ1v) is 25.3. The number of hydrogen-bond donors (Lipinski definition) is 4. The minimum atomic E-state index is -0.701. The molecular weight excluding hydrogens is 901 g/mol. The van der Waals surface area contributed by atoms with Crippen molar-refractivity contribution in [2.45, 2.75) is 103 Å². The highest BCUT2D eigenvalue weighted by molar-refractivity contribution is 5.87. The predicted molar refractivity (Wildman–Crippen MR) is 271 cm³/mol. The van der Waals surface area contributed by atoms with Gasteiger partial charge < -0.3 is 54.1 Å². The first-order valence-electron chi connectivity index (χ1n) is 25.3. The smallest absolute Gasteiger partial charge is 0.407 e. The number of benzene rings is 2. The number of aromatic amines is 2. The summed E-state index contributed by atoms with van der Waals surface area (Å²) in [5.74, 6) is 1.28. The van der Waals surface area contributed by atoms with Gasteiger partial charge in [0.25, 0.3) is 0 Å². The number of methoxy groups -OCH3 is 2. The van der Waals surface area contributed by atoms with E-state index in [-0.39, 0.29) is 41.7 Å². The number of nitrogens with one attached hydrogen (secondary N) is 4. The first-order chi connectivity index (χ1) is 34.4. The van der Waals surface area contributed by atoms with Gasteiger partial charge >= 0.3 is 12.2 Å². The average molecular weight is 969 g/mol. The molecule has 0 saturated carbocycles. The maximum atomic E-state index is 13.8. The molecule has 0 radical (unpaired) electrons. The summed E-state index contributed by atoms with van der Waals surface area (Å²) in [6.45, 7) is 12.0. The lowest BCUT2D eigenvalue weighted by atomic mass is 9.86. The van der Waals surface area contributed by atoms with E-state index in [0.717, 1.165) is 117 Å². The second-order valence-corrected chi connectivity index (χ2v) is 19.8. The summed E-state index contributed by atoms with van der Waals surface area (Å²) in [5.41, 5.74) is 9.76. The molecule has 9 rings (SSSR count). The standard InChI is InChI=1S/C54H68N10O7/c1-33(2)47(59-53(67)69-5)51(65)62-25-7-9-45(62)49-55-31-41(57-49)35-11-15-37(16-12-35)43-23-24-44(64(43)40-21-19-39(20-22-40)61-27-29-71-30-28-61)38-17-13-36(14-18-38)42-32-56-50(58-42)46-10-8-26-63(46)52(66)48(34(3)4)60-54(68)70-6/h11-13,15-16,19-24,31-34,38,45-48H,7-10,14,17-18,25-30H2,1-6H3,(H,55,57)(H,56,58)(H,59,67)(H,60,68)/t38?,45-,46-,47-,48-/m0/s1. The highest BCUT2D eigenvalue weighted by Gasteiger charge is 2.39. The number of morpholine rings is 1. The van der Waals surface area contributed by atoms with Crippen molar-refractivity contribution in [3.05, 3.63) is 102 Å². The number of anilines is 1. The van der Waals surface area contributed by atoms with Crippen LogP contribution >= 0.6 is 0 Å². The monoisotopic (exact) mass is 969 g/mol. The summed E-state index contributed by atoms with van der Waals surface area (Å²) >= 11 is 0. The molecule has 5 atom stereocenters. The Morgan fingerprint density at radius 3 is 1.73 bits per heavy atom. The molecule has 3 aliphatic heterocycles. The number of ether oxygens (including phenoxy) is 3. The molecule has 71 heavy (non-hydrogen) atoms. The van der Waals surface area contributed by atoms with E-state index in [4.69, 9.17) is 24.2 Å². The molecule has 3 aromatic heterocycles. The third kappa shape index (κ3) is 10.5. The third-order valence-corrected chi connectivity index (χ3v) is 14.7. The zero-order valence-corrected chi connectivity index (χ0v) is 41.8. The number of allylic oxidation sites excluding steroid dienone is 2. The van der Waals surface area contributed by atoms with E-state index < -0.39 is 24.3 Å². The van der Waals surface area contributed by atoms with Gasteiger partial charge in [0.05, 0.1) is 69.0 Å². The highest BCUT2D eigenvalue weighted by atomic mass is 16.5. The van der Waals surface area contributed by atoms with Crippen molar-refractivity contribution in [2.24, 2.45) is 11.8 Å². The largest absolute Gasteiger partial charge is 0.453 e. The quantitative estimate of drug-likeness (QED) is 0.0839. The summed E-state index contributed by atoms with van der Waals surface area (Å²) < 4.78 is 17.7. The van der Waals surface area contributed by atoms with Crippen LogP contribution in [0.2, 0.25) is 0 Å². The molecule has 5 aromatic rings. The molecule has 3 fully saturated rings. The van der Waals surface area contributed by atoms with Crippen molar-refractivity contribution in [1.82, 2.24) is 44.9 Å². The Kier molecular flexibility index (Phi) is 15.0. The molecule has 6 heterocycles. The molecule has 4 amide bonds. The van der Waals surface area contributed by atoms with E-state index >= 15 is 0 Å². The highest BCUT2D eigenvalue weighted by Crippen LogP contribution is 2.41. The van der Waals surface area contributed by atoms with Crippen LogP contribution in [0.3, 0.4) is 0 Å². The predicted octanol–water partition coefficient (Wildman–Crippen LogP) is 8.53. The number of aromatic nitrogens is 5. The van der Waals surface area contributed by atoms with E-state index in [0.29, 0.717) is 13.1 Å². The number of likely N-dealkylation sites (tertiary alicyclic amines) is 2. The normalized spacial score (nSPS) is 20.3. The number of carbonyl (C=O) groups excluding carboxylic acids is 4. The van der Waals surface area contributed by atoms with Crippen LogP contribution in [0.5, 0.6) is 0 Å². The number of imidazole rings is 2. The zero-order valence-electron chi connectivity index (χ0n) is 41.8. The van der Waals surface area contributed by atoms with Crippen molar-refractivity contribution in [2.75, 3.05) is 58.5 Å². The third-order valence-electron chi connectivity index (χ3n) is 14.7. The summed E-state index contributed by atoms with van der Waals surface area (Å²) in [7, 11) is 2.60. The molecule has 4 aliphatic rings. The summed E-state index contributed by atoms with van der Waals surface area (Å²) in [6, 6.07) is 20.2. The lowest BCUT2D eigenvalue weighted by Gasteiger charge is -2.30. The van der Waals surface area contributed by atoms with E-state index in [9.17, 15) is 19.2 Å². The van der Waals surface area contributed by atoms with Gasteiger partial charge in [-0.25, -0.2) is 19.6 Å². The lowest BCUT2D eigenvalue weighted by molar-refractivity contribution is -0.136. The van der Waals surface area contributed by atoms with Crippen LogP contribution in [0.1, 0.15) is 114 Å². The number of amides is 4. The number of alkyl carbamates (subject to hydrolysis) is 2. The molecule has 2 aromatic carbocycles. The molecule has 17 nitrogen and oxygen atoms in total. The van der Waals surface area contributed by atoms with Crippen LogP contribution in [-0.4, -0.2) is 124 Å². The zero-order chi connectivity index (χ0) is 49.8. The Morgan fingerprint density at radius 2 is 1.20 bits per heavy atom. The van der Waals surface area contributed by atoms with Gasteiger partial charge in [0.2, 0.25) is 11.8 Å². The second-order valence-electron chi connectivity index (χ2n) is 19.8. The van der Waals surface area contributed by atoms with Crippen LogP contribution in [0.25, 0.3) is 33.8 Å². The number of carbonyl (C=O) groups is 4. The number of rotatable bonds is 14. The van der Waals surface area contributed by atoms with Gasteiger partial charge in [-0.15, -0.1) is 0 Å². The summed E-state index contributed by atoms with van der Waals surface area (Å²) in [5, 5.41) is 5.47. The van der Waals surface area contributed by atoms with E-state index in [1.54, 1.807) is 0 Å². The van der Waals surface area contributed by atoms with Gasteiger partial charge in [-0.2, -0.15) is 0 Å². The van der Waals surface area contributed by atoms with Gasteiger partial charge in [0, 0.05) is 49.2 Å². The van der Waals surface area contributed by atoms with E-state index in [2.05, 4.69) is 96.8 Å². The van der Waals surface area contributed by atoms with Gasteiger partial charge in [-0.3, -0.25) is 9.59 Å². The first kappa shape index (κ1) is 49.1. The van der Waals surface area contributed by atoms with Gasteiger partial charge in [-0.1, -0.05) is 58.0 Å². The molecule has 4 N–H and O–H groups in total. The Bertz CT molecular complexity index is 2700. The van der Waals surface area contributed by atoms with Crippen molar-refractivity contribution in [3.63, 3.8) is 0 Å². The van der Waals surface area contributed by atoms with Crippen molar-refractivity contribution in [3.8, 4) is 28.2 Å². The summed E-state index contributed by atoms with van der Waals surface area (Å²) in [4.78, 5) is 74.5. The average Bonchev–Trinajstić information content (AvgIpc) is 4.27. The van der Waals surface area contributed by atoms with Crippen molar-refractivity contribution >= 4 is 35.3 Å². The Morgan fingerprint density at radius 1 is 0.662 bits per heavy atom. The molecule has 376 valence electrons. The van der Waals surface area contributed by atoms with Crippen LogP contribution in [-0.2, 0) is 23.8 Å². The topological polar surface area (TPSA) is 192 Å². The molecule has 0 spiro atoms. The maximum Gasteiger partial charge on any atom is 0.407 e. The van der Waals surface area contributed by atoms with Crippen LogP contribution in [0, 0.1) is 11.8 Å². The Balaban J connectivity index is 0.942. The number of H-pyrrole nitrogens is 2. The van der Waals surface area contributed by atoms with Gasteiger partial charge in [0.15, 0.2) is 0 Å². The maximum absolute atomic E-state index is 13.8. The van der Waals surface area contributed by atoms with Crippen LogP contribution in [0.4, 0.5) is 15.3 Å².